The van der Waals surface area contributed by atoms with Crippen LogP contribution in [-0.2, 0) is 27.2 Å². The lowest BCUT2D eigenvalue weighted by molar-refractivity contribution is -0.138. The predicted molar refractivity (Wildman–Crippen MR) is 103 cm³/mol. The molecule has 3 aliphatic rings. The van der Waals surface area contributed by atoms with E-state index in [0.717, 1.165) is 56.6 Å². The average molecular weight is 388 g/mol. The van der Waals surface area contributed by atoms with E-state index < -0.39 is 0 Å². The first-order chi connectivity index (χ1) is 13.6. The van der Waals surface area contributed by atoms with Crippen molar-refractivity contribution in [3.05, 3.63) is 22.9 Å². The van der Waals surface area contributed by atoms with Gasteiger partial charge in [-0.2, -0.15) is 0 Å². The number of hydrogen-bond acceptors (Lipinski definition) is 6. The molecule has 152 valence electrons. The monoisotopic (exact) mass is 388 g/mol. The van der Waals surface area contributed by atoms with Gasteiger partial charge in [-0.1, -0.05) is 0 Å². The molecule has 2 saturated heterocycles. The summed E-state index contributed by atoms with van der Waals surface area (Å²) in [5, 5.41) is 0. The molecule has 1 aromatic heterocycles. The quantitative estimate of drug-likeness (QED) is 0.807. The normalized spacial score (nSPS) is 21.8. The van der Waals surface area contributed by atoms with E-state index in [-0.39, 0.29) is 30.3 Å². The Bertz CT molecular complexity index is 742. The van der Waals surface area contributed by atoms with Crippen molar-refractivity contribution in [1.29, 1.82) is 0 Å². The number of carbonyl (C=O) groups is 2. The fraction of sp³-hybridized carbons (Fsp3) is 0.650. The van der Waals surface area contributed by atoms with Crippen LogP contribution in [0.4, 0.5) is 5.82 Å². The van der Waals surface area contributed by atoms with E-state index in [9.17, 15) is 9.59 Å². The molecule has 0 bridgehead atoms. The molecule has 2 amide bonds. The number of likely N-dealkylation sites (tertiary alicyclic amines) is 1. The molecule has 2 N–H and O–H groups in total. The molecule has 28 heavy (non-hydrogen) atoms. The van der Waals surface area contributed by atoms with Gasteiger partial charge in [0.1, 0.15) is 12.4 Å². The molecule has 8 nitrogen and oxygen atoms in total. The van der Waals surface area contributed by atoms with Gasteiger partial charge in [-0.05, 0) is 37.3 Å². The minimum atomic E-state index is -0.0614. The number of nitrogens with two attached hydrogens (primary N) is 1. The standard InChI is InChI=1S/C20H28N4O4/c21-19-16(20(26)23-6-1-2-7-23)10-14-11-24(8-5-17(14)22-19)18(25)13-27-12-15-4-3-9-28-15/h10,15H,1-9,11-13H2,(H2,21,22)/t15-/m1/s1. The summed E-state index contributed by atoms with van der Waals surface area (Å²) in [6.07, 6.45) is 4.85. The van der Waals surface area contributed by atoms with Crippen molar-refractivity contribution in [3.8, 4) is 0 Å². The summed E-state index contributed by atoms with van der Waals surface area (Å²) in [6, 6.07) is 1.82. The Kier molecular flexibility index (Phi) is 5.77. The van der Waals surface area contributed by atoms with Gasteiger partial charge in [-0.3, -0.25) is 9.59 Å². The number of nitrogen functional groups attached to an aromatic ring is 1. The van der Waals surface area contributed by atoms with Crippen molar-refractivity contribution in [3.63, 3.8) is 0 Å². The summed E-state index contributed by atoms with van der Waals surface area (Å²) in [7, 11) is 0. The molecule has 0 aliphatic carbocycles. The average Bonchev–Trinajstić information content (AvgIpc) is 3.40. The summed E-state index contributed by atoms with van der Waals surface area (Å²) in [6.45, 7) is 3.84. The van der Waals surface area contributed by atoms with Crippen LogP contribution >= 0.6 is 0 Å². The lowest BCUT2D eigenvalue weighted by Crippen LogP contribution is -2.39. The number of nitrogens with zero attached hydrogens (tertiary/aromatic N) is 3. The van der Waals surface area contributed by atoms with E-state index in [1.165, 1.54) is 0 Å². The maximum absolute atomic E-state index is 12.7. The van der Waals surface area contributed by atoms with Crippen molar-refractivity contribution in [2.75, 3.05) is 45.2 Å². The summed E-state index contributed by atoms with van der Waals surface area (Å²) in [5.41, 5.74) is 8.28. The fourth-order valence-electron chi connectivity index (χ4n) is 4.11. The second-order valence-electron chi connectivity index (χ2n) is 7.74. The minimum Gasteiger partial charge on any atom is -0.383 e. The maximum atomic E-state index is 12.7. The number of fused-ring (bicyclic) bond motifs is 1. The van der Waals surface area contributed by atoms with Crippen LogP contribution in [0.3, 0.4) is 0 Å². The van der Waals surface area contributed by atoms with Gasteiger partial charge in [0.05, 0.1) is 18.3 Å². The maximum Gasteiger partial charge on any atom is 0.257 e. The highest BCUT2D eigenvalue weighted by Gasteiger charge is 2.27. The molecule has 2 fully saturated rings. The van der Waals surface area contributed by atoms with Gasteiger partial charge in [-0.25, -0.2) is 4.98 Å². The number of hydrogen-bond donors (Lipinski definition) is 1. The molecule has 3 aliphatic heterocycles. The van der Waals surface area contributed by atoms with Crippen LogP contribution in [0.2, 0.25) is 0 Å². The number of carbonyl (C=O) groups excluding carboxylic acids is 2. The van der Waals surface area contributed by atoms with E-state index >= 15 is 0 Å². The minimum absolute atomic E-state index is 0.0482. The molecule has 0 spiro atoms. The Hall–Kier alpha value is -2.19. The molecule has 4 heterocycles. The van der Waals surface area contributed by atoms with Crippen LogP contribution in [0.5, 0.6) is 0 Å². The van der Waals surface area contributed by atoms with Gasteiger partial charge in [0, 0.05) is 44.9 Å². The van der Waals surface area contributed by atoms with E-state index in [4.69, 9.17) is 15.2 Å². The first kappa shape index (κ1) is 19.1. The molecule has 0 saturated carbocycles. The Labute approximate surface area is 165 Å². The Balaban J connectivity index is 1.38. The van der Waals surface area contributed by atoms with E-state index in [2.05, 4.69) is 4.98 Å². The van der Waals surface area contributed by atoms with E-state index in [1.807, 2.05) is 11.0 Å². The molecule has 8 heteroatoms. The first-order valence-electron chi connectivity index (χ1n) is 10.2. The third-order valence-corrected chi connectivity index (χ3v) is 5.73. The number of pyridine rings is 1. The number of amides is 2. The van der Waals surface area contributed by atoms with Gasteiger partial charge in [0.15, 0.2) is 0 Å². The third-order valence-electron chi connectivity index (χ3n) is 5.73. The lowest BCUT2D eigenvalue weighted by atomic mass is 10.0. The number of aromatic nitrogens is 1. The largest absolute Gasteiger partial charge is 0.383 e. The number of rotatable bonds is 5. The van der Waals surface area contributed by atoms with Gasteiger partial charge in [0.25, 0.3) is 5.91 Å². The molecule has 0 radical (unpaired) electrons. The summed E-state index contributed by atoms with van der Waals surface area (Å²) >= 11 is 0. The van der Waals surface area contributed by atoms with Crippen LogP contribution in [0.1, 0.15) is 47.3 Å². The Morgan fingerprint density at radius 3 is 2.79 bits per heavy atom. The molecule has 1 aromatic rings. The van der Waals surface area contributed by atoms with E-state index in [1.54, 1.807) is 4.90 Å². The summed E-state index contributed by atoms with van der Waals surface area (Å²) in [4.78, 5) is 33.3. The summed E-state index contributed by atoms with van der Waals surface area (Å²) in [5.74, 6) is 0.178. The molecule has 1 atom stereocenters. The van der Waals surface area contributed by atoms with Gasteiger partial charge in [0.2, 0.25) is 5.91 Å². The van der Waals surface area contributed by atoms with Crippen molar-refractivity contribution < 1.29 is 19.1 Å². The van der Waals surface area contributed by atoms with Crippen molar-refractivity contribution in [2.45, 2.75) is 44.8 Å². The number of ether oxygens (including phenoxy) is 2. The highest BCUT2D eigenvalue weighted by Crippen LogP contribution is 2.24. The molecule has 4 rings (SSSR count). The molecular formula is C20H28N4O4. The van der Waals surface area contributed by atoms with Crippen LogP contribution in [0, 0.1) is 0 Å². The molecule has 0 aromatic carbocycles. The highest BCUT2D eigenvalue weighted by molar-refractivity contribution is 5.98. The van der Waals surface area contributed by atoms with Crippen LogP contribution in [0.15, 0.2) is 6.07 Å². The van der Waals surface area contributed by atoms with Crippen molar-refractivity contribution >= 4 is 17.6 Å². The zero-order valence-electron chi connectivity index (χ0n) is 16.2. The second-order valence-corrected chi connectivity index (χ2v) is 7.74. The topological polar surface area (TPSA) is 98.0 Å². The smallest absolute Gasteiger partial charge is 0.257 e. The lowest BCUT2D eigenvalue weighted by Gasteiger charge is -2.29. The van der Waals surface area contributed by atoms with Crippen LogP contribution in [0.25, 0.3) is 0 Å². The zero-order chi connectivity index (χ0) is 19.5. The Morgan fingerprint density at radius 2 is 2.04 bits per heavy atom. The number of anilines is 1. The first-order valence-corrected chi connectivity index (χ1v) is 10.2. The van der Waals surface area contributed by atoms with Crippen LogP contribution in [-0.4, -0.2) is 72.2 Å². The van der Waals surface area contributed by atoms with Gasteiger partial charge in [-0.15, -0.1) is 0 Å². The van der Waals surface area contributed by atoms with Crippen molar-refractivity contribution in [1.82, 2.24) is 14.8 Å². The van der Waals surface area contributed by atoms with Gasteiger partial charge < -0.3 is 25.0 Å². The molecular weight excluding hydrogens is 360 g/mol. The summed E-state index contributed by atoms with van der Waals surface area (Å²) < 4.78 is 11.1. The molecule has 0 unspecified atom stereocenters. The Morgan fingerprint density at radius 1 is 1.21 bits per heavy atom. The van der Waals surface area contributed by atoms with Crippen LogP contribution < -0.4 is 5.73 Å². The highest BCUT2D eigenvalue weighted by atomic mass is 16.5. The van der Waals surface area contributed by atoms with Gasteiger partial charge >= 0.3 is 0 Å². The predicted octanol–water partition coefficient (Wildman–Crippen LogP) is 0.980. The zero-order valence-corrected chi connectivity index (χ0v) is 16.2. The van der Waals surface area contributed by atoms with E-state index in [0.29, 0.717) is 31.7 Å². The SMILES string of the molecule is Nc1nc2c(cc1C(=O)N1CCCC1)CN(C(=O)COC[C@H]1CCCO1)CC2. The second kappa shape index (κ2) is 8.45. The van der Waals surface area contributed by atoms with Crippen molar-refractivity contribution in [2.24, 2.45) is 0 Å². The third kappa shape index (κ3) is 4.12. The fourth-order valence-corrected chi connectivity index (χ4v) is 4.11.